The van der Waals surface area contributed by atoms with E-state index in [0.29, 0.717) is 11.4 Å². The van der Waals surface area contributed by atoms with E-state index in [1.807, 2.05) is 19.9 Å². The molecule has 2 N–H and O–H groups in total. The summed E-state index contributed by atoms with van der Waals surface area (Å²) in [6.07, 6.45) is 0. The first-order chi connectivity index (χ1) is 11.4. The van der Waals surface area contributed by atoms with Gasteiger partial charge in [0, 0.05) is 16.6 Å². The molecule has 3 rings (SSSR count). The second-order valence-electron chi connectivity index (χ2n) is 5.58. The van der Waals surface area contributed by atoms with Crippen molar-refractivity contribution in [2.75, 3.05) is 5.32 Å². The minimum Gasteiger partial charge on any atom is -0.435 e. The molecule has 0 unspecified atom stereocenters. The number of nitrogens with one attached hydrogen (secondary N) is 2. The normalized spacial score (nSPS) is 11.0. The monoisotopic (exact) mass is 330 g/mol. The molecule has 0 aliphatic carbocycles. The van der Waals surface area contributed by atoms with Gasteiger partial charge in [0.2, 0.25) is 0 Å². The van der Waals surface area contributed by atoms with Gasteiger partial charge in [-0.05, 0) is 61.4 Å². The van der Waals surface area contributed by atoms with Crippen LogP contribution < -0.4 is 10.1 Å². The Labute approximate surface area is 137 Å². The van der Waals surface area contributed by atoms with Gasteiger partial charge >= 0.3 is 6.61 Å². The summed E-state index contributed by atoms with van der Waals surface area (Å²) >= 11 is 0. The summed E-state index contributed by atoms with van der Waals surface area (Å²) in [4.78, 5) is 15.4. The molecule has 2 aromatic carbocycles. The third kappa shape index (κ3) is 3.37. The minimum absolute atomic E-state index is 0.0414. The lowest BCUT2D eigenvalue weighted by Gasteiger charge is -2.06. The summed E-state index contributed by atoms with van der Waals surface area (Å²) in [6.45, 7) is 1.12. The Kier molecular flexibility index (Phi) is 4.20. The number of halogens is 2. The number of aromatic amines is 1. The van der Waals surface area contributed by atoms with E-state index in [1.54, 1.807) is 6.07 Å². The number of anilines is 1. The molecule has 124 valence electrons. The van der Waals surface area contributed by atoms with Crippen LogP contribution in [0.3, 0.4) is 0 Å². The van der Waals surface area contributed by atoms with Gasteiger partial charge in [0.25, 0.3) is 5.91 Å². The van der Waals surface area contributed by atoms with Gasteiger partial charge in [0.15, 0.2) is 0 Å². The van der Waals surface area contributed by atoms with Gasteiger partial charge in [-0.1, -0.05) is 6.07 Å². The number of aromatic nitrogens is 1. The van der Waals surface area contributed by atoms with Gasteiger partial charge in [-0.25, -0.2) is 0 Å². The van der Waals surface area contributed by atoms with Crippen LogP contribution in [0.5, 0.6) is 5.75 Å². The van der Waals surface area contributed by atoms with Crippen LogP contribution in [0.2, 0.25) is 0 Å². The van der Waals surface area contributed by atoms with Crippen LogP contribution in [-0.4, -0.2) is 17.5 Å². The zero-order valence-electron chi connectivity index (χ0n) is 13.2. The van der Waals surface area contributed by atoms with Crippen molar-refractivity contribution in [1.29, 1.82) is 0 Å². The van der Waals surface area contributed by atoms with E-state index in [0.717, 1.165) is 22.0 Å². The number of fused-ring (bicyclic) bond motifs is 1. The van der Waals surface area contributed by atoms with Crippen molar-refractivity contribution >= 4 is 22.5 Å². The van der Waals surface area contributed by atoms with Gasteiger partial charge in [0.1, 0.15) is 11.4 Å². The average Bonchev–Trinajstić information content (AvgIpc) is 2.93. The number of hydrogen-bond donors (Lipinski definition) is 2. The lowest BCUT2D eigenvalue weighted by molar-refractivity contribution is -0.0498. The molecular weight excluding hydrogens is 314 g/mol. The molecule has 0 saturated heterocycles. The molecule has 0 atom stereocenters. The molecule has 0 radical (unpaired) electrons. The Bertz CT molecular complexity index is 886. The molecule has 0 aliphatic heterocycles. The fourth-order valence-electron chi connectivity index (χ4n) is 2.64. The molecular formula is C18H16F2N2O2. The third-order valence-corrected chi connectivity index (χ3v) is 3.67. The number of hydrogen-bond acceptors (Lipinski definition) is 2. The molecule has 4 nitrogen and oxygen atoms in total. The first-order valence-electron chi connectivity index (χ1n) is 7.38. The standard InChI is InChI=1S/C18H16F2N2O2/c1-10-7-11(2)14-9-16(22-15(14)8-10)17(23)21-12-3-5-13(6-4-12)24-18(19)20/h3-9,18,22H,1-2H3,(H,21,23). The van der Waals surface area contributed by atoms with Crippen LogP contribution in [0, 0.1) is 13.8 Å². The second-order valence-corrected chi connectivity index (χ2v) is 5.58. The van der Waals surface area contributed by atoms with E-state index >= 15 is 0 Å². The van der Waals surface area contributed by atoms with Crippen LogP contribution >= 0.6 is 0 Å². The second kappa shape index (κ2) is 6.31. The Morgan fingerprint density at radius 1 is 1.12 bits per heavy atom. The number of ether oxygens (including phenoxy) is 1. The minimum atomic E-state index is -2.87. The van der Waals surface area contributed by atoms with Crippen molar-refractivity contribution < 1.29 is 18.3 Å². The number of carbonyl (C=O) groups is 1. The molecule has 0 spiro atoms. The van der Waals surface area contributed by atoms with E-state index < -0.39 is 6.61 Å². The molecule has 1 aromatic heterocycles. The molecule has 0 fully saturated rings. The molecule has 1 heterocycles. The smallest absolute Gasteiger partial charge is 0.387 e. The number of rotatable bonds is 4. The largest absolute Gasteiger partial charge is 0.435 e. The average molecular weight is 330 g/mol. The summed E-state index contributed by atoms with van der Waals surface area (Å²) < 4.78 is 28.5. The molecule has 1 amide bonds. The van der Waals surface area contributed by atoms with Crippen molar-refractivity contribution in [2.24, 2.45) is 0 Å². The highest BCUT2D eigenvalue weighted by atomic mass is 19.3. The van der Waals surface area contributed by atoms with Gasteiger partial charge < -0.3 is 15.0 Å². The SMILES string of the molecule is Cc1cc(C)c2cc(C(=O)Nc3ccc(OC(F)F)cc3)[nH]c2c1. The maximum absolute atomic E-state index is 12.3. The maximum Gasteiger partial charge on any atom is 0.387 e. The van der Waals surface area contributed by atoms with Crippen LogP contribution in [0.1, 0.15) is 21.6 Å². The number of amides is 1. The number of benzene rings is 2. The van der Waals surface area contributed by atoms with Crippen LogP contribution in [0.15, 0.2) is 42.5 Å². The number of alkyl halides is 2. The fourth-order valence-corrected chi connectivity index (χ4v) is 2.64. The summed E-state index contributed by atoms with van der Waals surface area (Å²) in [5.41, 5.74) is 4.04. The first kappa shape index (κ1) is 16.0. The Morgan fingerprint density at radius 3 is 2.50 bits per heavy atom. The van der Waals surface area contributed by atoms with Crippen LogP contribution in [-0.2, 0) is 0 Å². The van der Waals surface area contributed by atoms with Crippen molar-refractivity contribution in [1.82, 2.24) is 4.98 Å². The quantitative estimate of drug-likeness (QED) is 0.732. The summed E-state index contributed by atoms with van der Waals surface area (Å²) in [6, 6.07) is 11.6. The predicted octanol–water partition coefficient (Wildman–Crippen LogP) is 4.64. The topological polar surface area (TPSA) is 54.1 Å². The summed E-state index contributed by atoms with van der Waals surface area (Å²) in [5.74, 6) is -0.259. The highest BCUT2D eigenvalue weighted by molar-refractivity contribution is 6.06. The Morgan fingerprint density at radius 2 is 1.83 bits per heavy atom. The van der Waals surface area contributed by atoms with E-state index in [9.17, 15) is 13.6 Å². The van der Waals surface area contributed by atoms with Crippen molar-refractivity contribution in [3.05, 3.63) is 59.3 Å². The number of H-pyrrole nitrogens is 1. The van der Waals surface area contributed by atoms with E-state index in [2.05, 4.69) is 21.1 Å². The van der Waals surface area contributed by atoms with Gasteiger partial charge in [-0.15, -0.1) is 0 Å². The molecule has 24 heavy (non-hydrogen) atoms. The maximum atomic E-state index is 12.3. The van der Waals surface area contributed by atoms with E-state index in [4.69, 9.17) is 0 Å². The van der Waals surface area contributed by atoms with Gasteiger partial charge in [-0.3, -0.25) is 4.79 Å². The third-order valence-electron chi connectivity index (χ3n) is 3.67. The highest BCUT2D eigenvalue weighted by Crippen LogP contribution is 2.23. The molecule has 3 aromatic rings. The van der Waals surface area contributed by atoms with E-state index in [-0.39, 0.29) is 11.7 Å². The number of aryl methyl sites for hydroxylation is 2. The predicted molar refractivity (Wildman–Crippen MR) is 88.8 cm³/mol. The van der Waals surface area contributed by atoms with Crippen LogP contribution in [0.25, 0.3) is 10.9 Å². The summed E-state index contributed by atoms with van der Waals surface area (Å²) in [5, 5.41) is 3.71. The summed E-state index contributed by atoms with van der Waals surface area (Å²) in [7, 11) is 0. The molecule has 0 bridgehead atoms. The number of carbonyl (C=O) groups excluding carboxylic acids is 1. The highest BCUT2D eigenvalue weighted by Gasteiger charge is 2.12. The van der Waals surface area contributed by atoms with Crippen LogP contribution in [0.4, 0.5) is 14.5 Å². The Balaban J connectivity index is 1.78. The van der Waals surface area contributed by atoms with E-state index in [1.165, 1.54) is 24.3 Å². The fraction of sp³-hybridized carbons (Fsp3) is 0.167. The first-order valence-corrected chi connectivity index (χ1v) is 7.38. The molecule has 0 saturated carbocycles. The zero-order chi connectivity index (χ0) is 17.3. The zero-order valence-corrected chi connectivity index (χ0v) is 13.2. The van der Waals surface area contributed by atoms with Crippen molar-refractivity contribution in [2.45, 2.75) is 20.5 Å². The van der Waals surface area contributed by atoms with Gasteiger partial charge in [-0.2, -0.15) is 8.78 Å². The lowest BCUT2D eigenvalue weighted by atomic mass is 10.1. The van der Waals surface area contributed by atoms with Gasteiger partial charge in [0.05, 0.1) is 0 Å². The van der Waals surface area contributed by atoms with Crippen molar-refractivity contribution in [3.63, 3.8) is 0 Å². The molecule has 0 aliphatic rings. The van der Waals surface area contributed by atoms with Crippen molar-refractivity contribution in [3.8, 4) is 5.75 Å². The lowest BCUT2D eigenvalue weighted by Crippen LogP contribution is -2.12. The Hall–Kier alpha value is -2.89. The molecule has 6 heteroatoms.